The number of alkyl halides is 2. The Bertz CT molecular complexity index is 140. The fourth-order valence-corrected chi connectivity index (χ4v) is 1.31. The lowest BCUT2D eigenvalue weighted by Crippen LogP contribution is -2.41. The highest BCUT2D eigenvalue weighted by Gasteiger charge is 2.18. The van der Waals surface area contributed by atoms with Crippen molar-refractivity contribution in [2.24, 2.45) is 0 Å². The molecule has 0 saturated carbocycles. The summed E-state index contributed by atoms with van der Waals surface area (Å²) in [6, 6.07) is -0.512. The number of carbonyl (C=O) groups is 1. The molecule has 0 aromatic rings. The van der Waals surface area contributed by atoms with Crippen LogP contribution in [0.25, 0.3) is 0 Å². The third-order valence-corrected chi connectivity index (χ3v) is 1.99. The van der Waals surface area contributed by atoms with Crippen LogP contribution >= 0.6 is 35.6 Å². The van der Waals surface area contributed by atoms with E-state index in [0.717, 1.165) is 0 Å². The molecule has 6 heteroatoms. The van der Waals surface area contributed by atoms with Gasteiger partial charge in [-0.2, -0.15) is 0 Å². The van der Waals surface area contributed by atoms with Gasteiger partial charge < -0.3 is 5.11 Å². The fourth-order valence-electron chi connectivity index (χ4n) is 0.872. The van der Waals surface area contributed by atoms with E-state index in [1.54, 1.807) is 11.8 Å². The number of rotatable bonds is 6. The second kappa shape index (κ2) is 8.88. The minimum Gasteiger partial charge on any atom is -0.480 e. The number of aliphatic carboxylic acids is 1. The molecule has 1 atom stereocenters. The second-order valence-corrected chi connectivity index (χ2v) is 3.18. The van der Waals surface area contributed by atoms with Gasteiger partial charge in [-0.15, -0.1) is 35.6 Å². The van der Waals surface area contributed by atoms with E-state index >= 15 is 0 Å². The minimum absolute atomic E-state index is 0. The number of hydrogen-bond acceptors (Lipinski definition) is 2. The molecule has 0 aromatic carbocycles. The Hall–Kier alpha value is 0.300. The van der Waals surface area contributed by atoms with E-state index in [9.17, 15) is 4.79 Å². The Morgan fingerprint density at radius 3 is 2.00 bits per heavy atom. The smallest absolute Gasteiger partial charge is 0.320 e. The number of carboxylic acid groups (broad SMARTS) is 1. The monoisotopic (exact) mass is 249 g/mol. The molecule has 0 rings (SSSR count). The first kappa shape index (κ1) is 15.8. The number of halogens is 3. The molecular weight excluding hydrogens is 236 g/mol. The Morgan fingerprint density at radius 1 is 1.38 bits per heavy atom. The highest BCUT2D eigenvalue weighted by molar-refractivity contribution is 6.18. The fraction of sp³-hybridized carbons (Fsp3) is 0.857. The molecule has 1 N–H and O–H groups in total. The van der Waals surface area contributed by atoms with Crippen LogP contribution in [0.1, 0.15) is 6.92 Å². The SMILES string of the molecule is C[C@@H](C(=O)O)N(CCCl)CCCl.Cl. The van der Waals surface area contributed by atoms with Crippen LogP contribution in [0.3, 0.4) is 0 Å². The highest BCUT2D eigenvalue weighted by Crippen LogP contribution is 2.00. The van der Waals surface area contributed by atoms with Gasteiger partial charge in [-0.3, -0.25) is 9.69 Å². The highest BCUT2D eigenvalue weighted by atomic mass is 35.5. The van der Waals surface area contributed by atoms with Crippen LogP contribution in [-0.4, -0.2) is 46.9 Å². The summed E-state index contributed by atoms with van der Waals surface area (Å²) in [5.41, 5.74) is 0. The first-order valence-electron chi connectivity index (χ1n) is 3.72. The molecule has 0 amide bonds. The topological polar surface area (TPSA) is 40.5 Å². The molecular formula is C7H14Cl3NO2. The summed E-state index contributed by atoms with van der Waals surface area (Å²) in [6.07, 6.45) is 0. The van der Waals surface area contributed by atoms with Crippen LogP contribution in [0.2, 0.25) is 0 Å². The number of hydrogen-bond donors (Lipinski definition) is 1. The van der Waals surface area contributed by atoms with Crippen molar-refractivity contribution >= 4 is 41.6 Å². The van der Waals surface area contributed by atoms with Crippen LogP contribution in [-0.2, 0) is 4.79 Å². The van der Waals surface area contributed by atoms with E-state index < -0.39 is 12.0 Å². The largest absolute Gasteiger partial charge is 0.480 e. The van der Waals surface area contributed by atoms with Crippen molar-refractivity contribution in [2.75, 3.05) is 24.8 Å². The standard InChI is InChI=1S/C7H13Cl2NO2.ClH/c1-6(7(11)12)10(4-2-8)5-3-9;/h6H,2-5H2,1H3,(H,11,12);1H/t6-;/m0./s1. The first-order valence-corrected chi connectivity index (χ1v) is 4.79. The van der Waals surface area contributed by atoms with Gasteiger partial charge in [0.05, 0.1) is 0 Å². The van der Waals surface area contributed by atoms with Crippen molar-refractivity contribution in [1.29, 1.82) is 0 Å². The van der Waals surface area contributed by atoms with Crippen LogP contribution in [0.5, 0.6) is 0 Å². The average Bonchev–Trinajstić information content (AvgIpc) is 2.03. The van der Waals surface area contributed by atoms with Crippen LogP contribution in [0, 0.1) is 0 Å². The van der Waals surface area contributed by atoms with Crippen molar-refractivity contribution in [3.63, 3.8) is 0 Å². The zero-order valence-electron chi connectivity index (χ0n) is 7.37. The van der Waals surface area contributed by atoms with Gasteiger partial charge >= 0.3 is 5.97 Å². The van der Waals surface area contributed by atoms with E-state index in [2.05, 4.69) is 0 Å². The van der Waals surface area contributed by atoms with Gasteiger partial charge in [0.25, 0.3) is 0 Å². The molecule has 0 fully saturated rings. The summed E-state index contributed by atoms with van der Waals surface area (Å²) in [4.78, 5) is 12.3. The van der Waals surface area contributed by atoms with Gasteiger partial charge in [0.1, 0.15) is 6.04 Å². The van der Waals surface area contributed by atoms with E-state index in [0.29, 0.717) is 24.8 Å². The maximum atomic E-state index is 10.6. The molecule has 0 aliphatic rings. The van der Waals surface area contributed by atoms with Crippen molar-refractivity contribution in [3.05, 3.63) is 0 Å². The number of nitrogens with zero attached hydrogens (tertiary/aromatic N) is 1. The van der Waals surface area contributed by atoms with Crippen molar-refractivity contribution < 1.29 is 9.90 Å². The Morgan fingerprint density at radius 2 is 1.77 bits per heavy atom. The van der Waals surface area contributed by atoms with Gasteiger partial charge in [0, 0.05) is 24.8 Å². The normalized spacial score (nSPS) is 12.3. The molecule has 0 spiro atoms. The summed E-state index contributed by atoms with van der Waals surface area (Å²) < 4.78 is 0. The molecule has 0 radical (unpaired) electrons. The summed E-state index contributed by atoms with van der Waals surface area (Å²) in [5.74, 6) is 0.00784. The molecule has 0 aliphatic heterocycles. The van der Waals surface area contributed by atoms with E-state index in [4.69, 9.17) is 28.3 Å². The molecule has 0 heterocycles. The molecule has 0 aliphatic carbocycles. The molecule has 0 saturated heterocycles. The zero-order valence-corrected chi connectivity index (χ0v) is 9.70. The lowest BCUT2D eigenvalue weighted by molar-refractivity contribution is -0.142. The summed E-state index contributed by atoms with van der Waals surface area (Å²) in [6.45, 7) is 2.74. The van der Waals surface area contributed by atoms with E-state index in [1.165, 1.54) is 0 Å². The summed E-state index contributed by atoms with van der Waals surface area (Å²) in [5, 5.41) is 8.68. The first-order chi connectivity index (χ1) is 5.63. The minimum atomic E-state index is -0.842. The quantitative estimate of drug-likeness (QED) is 0.729. The molecule has 3 nitrogen and oxygen atoms in total. The molecule has 0 bridgehead atoms. The maximum absolute atomic E-state index is 10.6. The Kier molecular flexibility index (Phi) is 10.8. The van der Waals surface area contributed by atoms with E-state index in [-0.39, 0.29) is 12.4 Å². The van der Waals surface area contributed by atoms with Crippen LogP contribution < -0.4 is 0 Å². The second-order valence-electron chi connectivity index (χ2n) is 2.43. The number of carboxylic acids is 1. The van der Waals surface area contributed by atoms with Crippen LogP contribution in [0.15, 0.2) is 0 Å². The molecule has 13 heavy (non-hydrogen) atoms. The average molecular weight is 251 g/mol. The van der Waals surface area contributed by atoms with Crippen LogP contribution in [0.4, 0.5) is 0 Å². The molecule has 80 valence electrons. The molecule has 0 unspecified atom stereocenters. The maximum Gasteiger partial charge on any atom is 0.320 e. The lowest BCUT2D eigenvalue weighted by Gasteiger charge is -2.23. The van der Waals surface area contributed by atoms with Gasteiger partial charge in [-0.1, -0.05) is 0 Å². The van der Waals surface area contributed by atoms with Gasteiger partial charge in [0.15, 0.2) is 0 Å². The molecule has 0 aromatic heterocycles. The third-order valence-electron chi connectivity index (χ3n) is 1.65. The van der Waals surface area contributed by atoms with Gasteiger partial charge in [0.2, 0.25) is 0 Å². The predicted molar refractivity (Wildman–Crippen MR) is 57.4 cm³/mol. The Balaban J connectivity index is 0. The van der Waals surface area contributed by atoms with Gasteiger partial charge in [-0.25, -0.2) is 0 Å². The van der Waals surface area contributed by atoms with Gasteiger partial charge in [-0.05, 0) is 6.92 Å². The Labute approximate surface area is 94.4 Å². The predicted octanol–water partition coefficient (Wildman–Crippen LogP) is 1.66. The third kappa shape index (κ3) is 6.38. The summed E-state index contributed by atoms with van der Waals surface area (Å²) in [7, 11) is 0. The van der Waals surface area contributed by atoms with Crippen molar-refractivity contribution in [2.45, 2.75) is 13.0 Å². The lowest BCUT2D eigenvalue weighted by atomic mass is 10.3. The van der Waals surface area contributed by atoms with E-state index in [1.807, 2.05) is 0 Å². The zero-order chi connectivity index (χ0) is 9.56. The van der Waals surface area contributed by atoms with Crippen molar-refractivity contribution in [1.82, 2.24) is 4.90 Å². The summed E-state index contributed by atoms with van der Waals surface area (Å²) >= 11 is 11.0. The van der Waals surface area contributed by atoms with Crippen molar-refractivity contribution in [3.8, 4) is 0 Å².